The fraction of sp³-hybridized carbons (Fsp3) is 0.250. The lowest BCUT2D eigenvalue weighted by Gasteiger charge is -2.08. The van der Waals surface area contributed by atoms with E-state index in [0.717, 1.165) is 12.1 Å². The number of nitrogens with zero attached hydrogens (tertiary/aromatic N) is 4. The predicted molar refractivity (Wildman–Crippen MR) is 96.7 cm³/mol. The average molecular weight is 379 g/mol. The highest BCUT2D eigenvalue weighted by Gasteiger charge is 2.20. The molecule has 1 amide bonds. The fourth-order valence-corrected chi connectivity index (χ4v) is 2.88. The normalized spacial score (nSPS) is 10.9. The van der Waals surface area contributed by atoms with Crippen molar-refractivity contribution in [3.63, 3.8) is 0 Å². The van der Waals surface area contributed by atoms with Gasteiger partial charge < -0.3 is 5.32 Å². The number of halogens is 2. The Bertz CT molecular complexity index is 897. The molecule has 0 saturated heterocycles. The summed E-state index contributed by atoms with van der Waals surface area (Å²) in [5.74, 6) is 0.572. The number of rotatable bonds is 5. The summed E-state index contributed by atoms with van der Waals surface area (Å²) < 4.78 is 1.50. The molecule has 0 radical (unpaired) electrons. The van der Waals surface area contributed by atoms with Crippen LogP contribution in [0.25, 0.3) is 5.69 Å². The first kappa shape index (κ1) is 17.4. The number of aromatic amines is 1. The number of carbonyl (C=O) groups excluding carboxylic acids is 1. The average Bonchev–Trinajstić information content (AvgIpc) is 3.21. The highest BCUT2D eigenvalue weighted by Crippen LogP contribution is 2.28. The number of anilines is 1. The van der Waals surface area contributed by atoms with Crippen LogP contribution in [0.5, 0.6) is 0 Å². The Kier molecular flexibility index (Phi) is 5.06. The molecule has 0 unspecified atom stereocenters. The van der Waals surface area contributed by atoms with Crippen molar-refractivity contribution in [3.05, 3.63) is 51.7 Å². The van der Waals surface area contributed by atoms with Gasteiger partial charge in [-0.15, -0.1) is 5.10 Å². The van der Waals surface area contributed by atoms with Gasteiger partial charge in [0.2, 0.25) is 5.82 Å². The molecule has 0 aliphatic rings. The van der Waals surface area contributed by atoms with E-state index in [0.29, 0.717) is 33.8 Å². The molecule has 0 fully saturated rings. The Morgan fingerprint density at radius 1 is 1.24 bits per heavy atom. The lowest BCUT2D eigenvalue weighted by molar-refractivity contribution is 0.101. The summed E-state index contributed by atoms with van der Waals surface area (Å²) in [5.41, 5.74) is 1.42. The smallest absolute Gasteiger partial charge is 0.296 e. The molecule has 0 bridgehead atoms. The van der Waals surface area contributed by atoms with Crippen molar-refractivity contribution in [1.82, 2.24) is 25.0 Å². The summed E-state index contributed by atoms with van der Waals surface area (Å²) in [7, 11) is 0. The second kappa shape index (κ2) is 7.25. The van der Waals surface area contributed by atoms with Crippen LogP contribution in [0.4, 0.5) is 5.82 Å². The van der Waals surface area contributed by atoms with Crippen LogP contribution < -0.4 is 5.32 Å². The molecule has 0 aliphatic carbocycles. The van der Waals surface area contributed by atoms with Gasteiger partial charge in [0.25, 0.3) is 5.91 Å². The third-order valence-corrected chi connectivity index (χ3v) is 4.21. The van der Waals surface area contributed by atoms with Gasteiger partial charge >= 0.3 is 0 Å². The Hall–Kier alpha value is -2.38. The molecule has 3 aromatic rings. The molecule has 0 saturated carbocycles. The van der Waals surface area contributed by atoms with Gasteiger partial charge in [-0.05, 0) is 18.6 Å². The van der Waals surface area contributed by atoms with Crippen LogP contribution in [0.2, 0.25) is 10.0 Å². The summed E-state index contributed by atoms with van der Waals surface area (Å²) in [6.45, 7) is 3.90. The first-order valence-electron chi connectivity index (χ1n) is 7.79. The molecule has 9 heteroatoms. The van der Waals surface area contributed by atoms with Crippen LogP contribution in [0.1, 0.15) is 36.0 Å². The molecule has 1 aromatic carbocycles. The first-order chi connectivity index (χ1) is 12.0. The van der Waals surface area contributed by atoms with E-state index in [1.54, 1.807) is 24.3 Å². The van der Waals surface area contributed by atoms with Crippen molar-refractivity contribution >= 4 is 34.9 Å². The highest BCUT2D eigenvalue weighted by atomic mass is 35.5. The van der Waals surface area contributed by atoms with Crippen LogP contribution in [-0.4, -0.2) is 30.9 Å². The zero-order valence-corrected chi connectivity index (χ0v) is 15.2. The summed E-state index contributed by atoms with van der Waals surface area (Å²) in [4.78, 5) is 16.7. The van der Waals surface area contributed by atoms with Gasteiger partial charge in [-0.2, -0.15) is 5.10 Å². The minimum absolute atomic E-state index is 0.0221. The Morgan fingerprint density at radius 3 is 2.56 bits per heavy atom. The van der Waals surface area contributed by atoms with Crippen molar-refractivity contribution in [2.45, 2.75) is 26.7 Å². The number of para-hydroxylation sites is 1. The lowest BCUT2D eigenvalue weighted by atomic mass is 10.3. The van der Waals surface area contributed by atoms with Crippen molar-refractivity contribution in [2.75, 3.05) is 5.32 Å². The number of hydrogen-bond donors (Lipinski definition) is 2. The van der Waals surface area contributed by atoms with E-state index in [1.807, 2.05) is 13.8 Å². The van der Waals surface area contributed by atoms with Gasteiger partial charge in [-0.25, -0.2) is 9.67 Å². The molecule has 0 atom stereocenters. The van der Waals surface area contributed by atoms with Crippen molar-refractivity contribution in [3.8, 4) is 5.69 Å². The largest absolute Gasteiger partial charge is 0.302 e. The summed E-state index contributed by atoms with van der Waals surface area (Å²) in [6, 6.07) is 6.92. The van der Waals surface area contributed by atoms with Gasteiger partial charge in [0.15, 0.2) is 5.82 Å². The van der Waals surface area contributed by atoms with Crippen molar-refractivity contribution in [2.24, 2.45) is 0 Å². The third kappa shape index (κ3) is 3.52. The number of aromatic nitrogens is 5. The van der Waals surface area contributed by atoms with Crippen LogP contribution >= 0.6 is 23.2 Å². The second-order valence-electron chi connectivity index (χ2n) is 5.27. The molecule has 7 nitrogen and oxygen atoms in total. The molecule has 0 spiro atoms. The summed E-state index contributed by atoms with van der Waals surface area (Å²) in [5, 5.41) is 14.7. The first-order valence-corrected chi connectivity index (χ1v) is 8.55. The predicted octanol–water partition coefficient (Wildman–Crippen LogP) is 3.67. The van der Waals surface area contributed by atoms with Crippen molar-refractivity contribution < 1.29 is 4.79 Å². The fourth-order valence-electron chi connectivity index (χ4n) is 2.32. The zero-order valence-electron chi connectivity index (χ0n) is 13.7. The number of amides is 1. The quantitative estimate of drug-likeness (QED) is 0.708. The number of carbonyl (C=O) groups is 1. The molecular weight excluding hydrogens is 363 g/mol. The van der Waals surface area contributed by atoms with Gasteiger partial charge in [-0.3, -0.25) is 9.89 Å². The van der Waals surface area contributed by atoms with E-state index >= 15 is 0 Å². The van der Waals surface area contributed by atoms with Gasteiger partial charge in [0.1, 0.15) is 11.5 Å². The second-order valence-corrected chi connectivity index (χ2v) is 6.09. The van der Waals surface area contributed by atoms with Crippen LogP contribution in [0.3, 0.4) is 0 Å². The molecular formula is C16H16Cl2N6O. The number of H-pyrrole nitrogens is 1. The van der Waals surface area contributed by atoms with E-state index in [4.69, 9.17) is 23.2 Å². The highest BCUT2D eigenvalue weighted by molar-refractivity contribution is 6.37. The van der Waals surface area contributed by atoms with Crippen LogP contribution in [-0.2, 0) is 12.8 Å². The molecule has 130 valence electrons. The van der Waals surface area contributed by atoms with E-state index in [-0.39, 0.29) is 5.82 Å². The standard InChI is InChI=1S/C16H16Cl2N6O/c1-3-9-8-12(22-21-9)19-16(25)15-20-13(4-2)24(23-15)14-10(17)6-5-7-11(14)18/h5-8H,3-4H2,1-2H3,(H2,19,21,22,25). The van der Waals surface area contributed by atoms with E-state index in [2.05, 4.69) is 25.6 Å². The minimum atomic E-state index is -0.453. The molecule has 2 heterocycles. The summed E-state index contributed by atoms with van der Waals surface area (Å²) in [6.07, 6.45) is 1.35. The maximum absolute atomic E-state index is 12.4. The molecule has 2 N–H and O–H groups in total. The number of aryl methyl sites for hydroxylation is 2. The van der Waals surface area contributed by atoms with Gasteiger partial charge in [0.05, 0.1) is 10.0 Å². The number of hydrogen-bond acceptors (Lipinski definition) is 4. The Balaban J connectivity index is 1.93. The lowest BCUT2D eigenvalue weighted by Crippen LogP contribution is -2.14. The zero-order chi connectivity index (χ0) is 18.0. The molecule has 25 heavy (non-hydrogen) atoms. The number of nitrogens with one attached hydrogen (secondary N) is 2. The monoisotopic (exact) mass is 378 g/mol. The van der Waals surface area contributed by atoms with Crippen LogP contribution in [0.15, 0.2) is 24.3 Å². The topological polar surface area (TPSA) is 88.5 Å². The summed E-state index contributed by atoms with van der Waals surface area (Å²) >= 11 is 12.5. The number of benzene rings is 1. The minimum Gasteiger partial charge on any atom is -0.302 e. The molecule has 0 aliphatic heterocycles. The van der Waals surface area contributed by atoms with Crippen molar-refractivity contribution in [1.29, 1.82) is 0 Å². The molecule has 2 aromatic heterocycles. The SMILES string of the molecule is CCc1cc(NC(=O)c2nc(CC)n(-c3c(Cl)cccc3Cl)n2)n[nH]1. The van der Waals surface area contributed by atoms with E-state index in [1.165, 1.54) is 4.68 Å². The van der Waals surface area contributed by atoms with Gasteiger partial charge in [-0.1, -0.05) is 43.1 Å². The third-order valence-electron chi connectivity index (χ3n) is 3.60. The maximum Gasteiger partial charge on any atom is 0.296 e. The van der Waals surface area contributed by atoms with E-state index < -0.39 is 5.91 Å². The van der Waals surface area contributed by atoms with Crippen LogP contribution in [0, 0.1) is 0 Å². The Labute approximate surface area is 154 Å². The van der Waals surface area contributed by atoms with Gasteiger partial charge in [0, 0.05) is 18.2 Å². The Morgan fingerprint density at radius 2 is 1.96 bits per heavy atom. The molecule has 3 rings (SSSR count). The van der Waals surface area contributed by atoms with E-state index in [9.17, 15) is 4.79 Å². The maximum atomic E-state index is 12.4.